The Morgan fingerprint density at radius 2 is 2.25 bits per heavy atom. The zero-order chi connectivity index (χ0) is 12.1. The van der Waals surface area contributed by atoms with Crippen LogP contribution in [0.1, 0.15) is 11.1 Å². The fourth-order valence-corrected chi connectivity index (χ4v) is 1.57. The highest BCUT2D eigenvalue weighted by Gasteiger charge is 2.16. The average Bonchev–Trinajstić information content (AvgIpc) is 2.20. The van der Waals surface area contributed by atoms with Gasteiger partial charge < -0.3 is 10.5 Å². The van der Waals surface area contributed by atoms with E-state index >= 15 is 0 Å². The van der Waals surface area contributed by atoms with Crippen LogP contribution in [0, 0.1) is 17.0 Å². The summed E-state index contributed by atoms with van der Waals surface area (Å²) in [4.78, 5) is 10.5. The molecule has 0 radical (unpaired) electrons. The molecule has 0 aliphatic heterocycles. The van der Waals surface area contributed by atoms with Gasteiger partial charge in [-0.25, -0.2) is 0 Å². The zero-order valence-corrected chi connectivity index (χ0v) is 9.47. The Balaban J connectivity index is 2.90. The molecule has 0 aromatic heterocycles. The average molecular weight is 224 g/mol. The fourth-order valence-electron chi connectivity index (χ4n) is 1.57. The molecule has 1 aromatic rings. The lowest BCUT2D eigenvalue weighted by atomic mass is 10.0. The van der Waals surface area contributed by atoms with Crippen molar-refractivity contribution in [1.82, 2.24) is 0 Å². The number of hydrogen-bond donors (Lipinski definition) is 1. The van der Waals surface area contributed by atoms with Crippen molar-refractivity contribution in [2.45, 2.75) is 19.4 Å². The Hall–Kier alpha value is -1.46. The van der Waals surface area contributed by atoms with Gasteiger partial charge in [-0.15, -0.1) is 0 Å². The van der Waals surface area contributed by atoms with E-state index in [0.717, 1.165) is 5.56 Å². The lowest BCUT2D eigenvalue weighted by Gasteiger charge is -2.10. The number of hydrogen-bond acceptors (Lipinski definition) is 4. The van der Waals surface area contributed by atoms with Crippen LogP contribution in [0.5, 0.6) is 0 Å². The number of rotatable bonds is 5. The molecule has 1 rings (SSSR count). The molecule has 0 saturated carbocycles. The van der Waals surface area contributed by atoms with Crippen molar-refractivity contribution in [2.75, 3.05) is 13.7 Å². The lowest BCUT2D eigenvalue weighted by Crippen LogP contribution is -2.28. The van der Waals surface area contributed by atoms with Crippen LogP contribution in [0.25, 0.3) is 0 Å². The number of methoxy groups -OCH3 is 1. The SMILES string of the molecule is COCC(N)Cc1ccc(C)cc1[N+](=O)[O-]. The minimum Gasteiger partial charge on any atom is -0.383 e. The first kappa shape index (κ1) is 12.6. The van der Waals surface area contributed by atoms with Crippen LogP contribution in [0.15, 0.2) is 18.2 Å². The maximum Gasteiger partial charge on any atom is 0.272 e. The predicted molar refractivity (Wildman–Crippen MR) is 61.4 cm³/mol. The first-order valence-corrected chi connectivity index (χ1v) is 5.03. The second kappa shape index (κ2) is 5.58. The topological polar surface area (TPSA) is 78.4 Å². The van der Waals surface area contributed by atoms with Crippen LogP contribution in [-0.2, 0) is 11.2 Å². The molecule has 0 aliphatic rings. The Morgan fingerprint density at radius 3 is 2.81 bits per heavy atom. The van der Waals surface area contributed by atoms with Gasteiger partial charge in [0, 0.05) is 24.8 Å². The maximum atomic E-state index is 10.8. The Kier molecular flexibility index (Phi) is 4.39. The molecule has 0 spiro atoms. The van der Waals surface area contributed by atoms with Crippen molar-refractivity contribution in [2.24, 2.45) is 5.73 Å². The van der Waals surface area contributed by atoms with E-state index in [-0.39, 0.29) is 16.7 Å². The smallest absolute Gasteiger partial charge is 0.272 e. The highest BCUT2D eigenvalue weighted by atomic mass is 16.6. The van der Waals surface area contributed by atoms with E-state index in [2.05, 4.69) is 0 Å². The Bertz CT molecular complexity index is 379. The van der Waals surface area contributed by atoms with E-state index in [9.17, 15) is 10.1 Å². The van der Waals surface area contributed by atoms with E-state index in [1.807, 2.05) is 13.0 Å². The third-order valence-corrected chi connectivity index (χ3v) is 2.30. The molecule has 5 nitrogen and oxygen atoms in total. The summed E-state index contributed by atoms with van der Waals surface area (Å²) in [6.45, 7) is 2.22. The number of nitrogens with zero attached hydrogens (tertiary/aromatic N) is 1. The van der Waals surface area contributed by atoms with Crippen LogP contribution in [-0.4, -0.2) is 24.7 Å². The Labute approximate surface area is 94.4 Å². The van der Waals surface area contributed by atoms with Crippen LogP contribution >= 0.6 is 0 Å². The van der Waals surface area contributed by atoms with Crippen LogP contribution in [0.4, 0.5) is 5.69 Å². The molecule has 5 heteroatoms. The van der Waals surface area contributed by atoms with Crippen LogP contribution in [0.2, 0.25) is 0 Å². The molecular formula is C11H16N2O3. The predicted octanol–water partition coefficient (Wildman–Crippen LogP) is 1.42. The van der Waals surface area contributed by atoms with Gasteiger partial charge in [0.05, 0.1) is 11.5 Å². The molecule has 0 bridgehead atoms. The number of nitro benzene ring substituents is 1. The first-order valence-electron chi connectivity index (χ1n) is 5.03. The molecule has 0 heterocycles. The lowest BCUT2D eigenvalue weighted by molar-refractivity contribution is -0.385. The summed E-state index contributed by atoms with van der Waals surface area (Å²) in [5.74, 6) is 0. The summed E-state index contributed by atoms with van der Waals surface area (Å²) >= 11 is 0. The molecule has 88 valence electrons. The minimum absolute atomic E-state index is 0.131. The third-order valence-electron chi connectivity index (χ3n) is 2.30. The zero-order valence-electron chi connectivity index (χ0n) is 9.47. The minimum atomic E-state index is -0.373. The van der Waals surface area contributed by atoms with Crippen LogP contribution < -0.4 is 5.73 Å². The van der Waals surface area contributed by atoms with E-state index < -0.39 is 0 Å². The molecule has 0 aliphatic carbocycles. The van der Waals surface area contributed by atoms with E-state index in [1.165, 1.54) is 0 Å². The van der Waals surface area contributed by atoms with E-state index in [0.29, 0.717) is 18.6 Å². The molecule has 1 unspecified atom stereocenters. The van der Waals surface area contributed by atoms with Crippen molar-refractivity contribution >= 4 is 5.69 Å². The highest BCUT2D eigenvalue weighted by molar-refractivity contribution is 5.43. The van der Waals surface area contributed by atoms with Gasteiger partial charge >= 0.3 is 0 Å². The molecule has 0 fully saturated rings. The van der Waals surface area contributed by atoms with Crippen molar-refractivity contribution < 1.29 is 9.66 Å². The molecule has 0 amide bonds. The van der Waals surface area contributed by atoms with Gasteiger partial charge in [0.1, 0.15) is 0 Å². The van der Waals surface area contributed by atoms with Crippen molar-refractivity contribution in [3.05, 3.63) is 39.4 Å². The van der Waals surface area contributed by atoms with Gasteiger partial charge in [-0.1, -0.05) is 12.1 Å². The van der Waals surface area contributed by atoms with Gasteiger partial charge in [-0.2, -0.15) is 0 Å². The fraction of sp³-hybridized carbons (Fsp3) is 0.455. The summed E-state index contributed by atoms with van der Waals surface area (Å²) < 4.78 is 4.91. The molecular weight excluding hydrogens is 208 g/mol. The molecule has 0 saturated heterocycles. The third kappa shape index (κ3) is 3.29. The van der Waals surface area contributed by atoms with E-state index in [4.69, 9.17) is 10.5 Å². The number of nitro groups is 1. The monoisotopic (exact) mass is 224 g/mol. The largest absolute Gasteiger partial charge is 0.383 e. The maximum absolute atomic E-state index is 10.8. The van der Waals surface area contributed by atoms with Gasteiger partial charge in [-0.3, -0.25) is 10.1 Å². The number of aryl methyl sites for hydroxylation is 1. The van der Waals surface area contributed by atoms with Gasteiger partial charge in [0.2, 0.25) is 0 Å². The second-order valence-corrected chi connectivity index (χ2v) is 3.81. The summed E-state index contributed by atoms with van der Waals surface area (Å²) in [5, 5.41) is 10.8. The number of benzene rings is 1. The quantitative estimate of drug-likeness (QED) is 0.606. The van der Waals surface area contributed by atoms with Gasteiger partial charge in [0.15, 0.2) is 0 Å². The first-order chi connectivity index (χ1) is 7.54. The summed E-state index contributed by atoms with van der Waals surface area (Å²) in [6.07, 6.45) is 0.449. The van der Waals surface area contributed by atoms with Gasteiger partial charge in [0.25, 0.3) is 5.69 Å². The van der Waals surface area contributed by atoms with Crippen molar-refractivity contribution in [1.29, 1.82) is 0 Å². The molecule has 1 atom stereocenters. The molecule has 2 N–H and O–H groups in total. The summed E-state index contributed by atoms with van der Waals surface area (Å²) in [7, 11) is 1.56. The standard InChI is InChI=1S/C11H16N2O3/c1-8-3-4-9(6-10(12)7-16-2)11(5-8)13(14)15/h3-5,10H,6-7,12H2,1-2H3. The van der Waals surface area contributed by atoms with Crippen molar-refractivity contribution in [3.63, 3.8) is 0 Å². The summed E-state index contributed by atoms with van der Waals surface area (Å²) in [6, 6.07) is 4.95. The summed E-state index contributed by atoms with van der Waals surface area (Å²) in [5.41, 5.74) is 7.43. The molecule has 16 heavy (non-hydrogen) atoms. The second-order valence-electron chi connectivity index (χ2n) is 3.81. The Morgan fingerprint density at radius 1 is 1.56 bits per heavy atom. The van der Waals surface area contributed by atoms with E-state index in [1.54, 1.807) is 19.2 Å². The molecule has 1 aromatic carbocycles. The number of nitrogens with two attached hydrogens (primary N) is 1. The van der Waals surface area contributed by atoms with Crippen LogP contribution in [0.3, 0.4) is 0 Å². The normalized spacial score (nSPS) is 12.4. The van der Waals surface area contributed by atoms with Gasteiger partial charge in [-0.05, 0) is 18.9 Å². The highest BCUT2D eigenvalue weighted by Crippen LogP contribution is 2.21. The number of ether oxygens (including phenoxy) is 1. The van der Waals surface area contributed by atoms with Crippen molar-refractivity contribution in [3.8, 4) is 0 Å².